The Morgan fingerprint density at radius 3 is 2.46 bits per heavy atom. The SMILES string of the molecule is COc1ccc(CN2C[C@@H]3CN(S(C)(=O)=O)C[C@]3(C(=O)O)C2)cc1OC. The summed E-state index contributed by atoms with van der Waals surface area (Å²) >= 11 is 0. The minimum absolute atomic E-state index is 0.0360. The Kier molecular flexibility index (Phi) is 4.89. The molecule has 1 N–H and O–H groups in total. The fraction of sp³-hybridized carbons (Fsp3) is 0.588. The molecular weight excluding hydrogens is 360 g/mol. The number of hydrogen-bond donors (Lipinski definition) is 1. The second kappa shape index (κ2) is 6.71. The molecule has 1 aromatic rings. The van der Waals surface area contributed by atoms with Crippen LogP contribution in [-0.4, -0.2) is 75.4 Å². The summed E-state index contributed by atoms with van der Waals surface area (Å²) in [4.78, 5) is 14.0. The van der Waals surface area contributed by atoms with Crippen LogP contribution < -0.4 is 9.47 Å². The van der Waals surface area contributed by atoms with E-state index in [2.05, 4.69) is 4.90 Å². The number of ether oxygens (including phenoxy) is 2. The summed E-state index contributed by atoms with van der Waals surface area (Å²) in [6.07, 6.45) is 1.13. The average molecular weight is 384 g/mol. The number of likely N-dealkylation sites (tertiary alicyclic amines) is 1. The Labute approximate surface area is 153 Å². The number of rotatable bonds is 6. The fourth-order valence-electron chi connectivity index (χ4n) is 4.04. The largest absolute Gasteiger partial charge is 0.493 e. The first-order valence-corrected chi connectivity index (χ1v) is 10.2. The van der Waals surface area contributed by atoms with E-state index in [9.17, 15) is 18.3 Å². The Balaban J connectivity index is 1.77. The van der Waals surface area contributed by atoms with E-state index in [1.807, 2.05) is 18.2 Å². The summed E-state index contributed by atoms with van der Waals surface area (Å²) < 4.78 is 35.5. The predicted molar refractivity (Wildman–Crippen MR) is 94.8 cm³/mol. The predicted octanol–water partition coefficient (Wildman–Crippen LogP) is 0.482. The molecule has 0 radical (unpaired) electrons. The lowest BCUT2D eigenvalue weighted by atomic mass is 9.81. The molecule has 0 bridgehead atoms. The maximum atomic E-state index is 12.0. The number of methoxy groups -OCH3 is 2. The summed E-state index contributed by atoms with van der Waals surface area (Å²) in [6.45, 7) is 1.74. The van der Waals surface area contributed by atoms with Crippen molar-refractivity contribution in [1.82, 2.24) is 9.21 Å². The number of aliphatic carboxylic acids is 1. The van der Waals surface area contributed by atoms with Gasteiger partial charge in [0.25, 0.3) is 0 Å². The first-order chi connectivity index (χ1) is 12.2. The molecule has 2 saturated heterocycles. The van der Waals surface area contributed by atoms with Crippen molar-refractivity contribution < 1.29 is 27.8 Å². The van der Waals surface area contributed by atoms with Gasteiger partial charge in [-0.1, -0.05) is 6.07 Å². The lowest BCUT2D eigenvalue weighted by Crippen LogP contribution is -2.41. The Morgan fingerprint density at radius 1 is 1.23 bits per heavy atom. The number of fused-ring (bicyclic) bond motifs is 1. The molecule has 2 heterocycles. The number of benzene rings is 1. The minimum Gasteiger partial charge on any atom is -0.493 e. The summed E-state index contributed by atoms with van der Waals surface area (Å²) in [7, 11) is -0.245. The standard InChI is InChI=1S/C17H24N2O6S/c1-24-14-5-4-12(6-15(14)25-2)7-18-8-13-9-19(26(3,22)23)11-17(13,10-18)16(20)21/h4-6,13H,7-11H2,1-3H3,(H,20,21)/t13-,17-/m1/s1. The molecule has 26 heavy (non-hydrogen) atoms. The molecule has 144 valence electrons. The zero-order valence-corrected chi connectivity index (χ0v) is 16.0. The molecule has 0 amide bonds. The molecule has 2 aliphatic rings. The summed E-state index contributed by atoms with van der Waals surface area (Å²) in [5.41, 5.74) is -0.0530. The van der Waals surface area contributed by atoms with Gasteiger partial charge in [-0.15, -0.1) is 0 Å². The van der Waals surface area contributed by atoms with Gasteiger partial charge in [0.1, 0.15) is 0 Å². The van der Waals surface area contributed by atoms with Crippen LogP contribution in [0.4, 0.5) is 0 Å². The van der Waals surface area contributed by atoms with Gasteiger partial charge in [-0.2, -0.15) is 0 Å². The fourth-order valence-corrected chi connectivity index (χ4v) is 4.95. The Hall–Kier alpha value is -1.84. The highest BCUT2D eigenvalue weighted by Gasteiger charge is 2.59. The first kappa shape index (κ1) is 18.9. The maximum Gasteiger partial charge on any atom is 0.312 e. The van der Waals surface area contributed by atoms with Crippen molar-refractivity contribution in [2.45, 2.75) is 6.54 Å². The highest BCUT2D eigenvalue weighted by Crippen LogP contribution is 2.44. The first-order valence-electron chi connectivity index (χ1n) is 8.31. The molecule has 2 fully saturated rings. The molecule has 3 rings (SSSR count). The highest BCUT2D eigenvalue weighted by atomic mass is 32.2. The molecule has 2 atom stereocenters. The summed E-state index contributed by atoms with van der Waals surface area (Å²) in [5.74, 6) is 0.124. The maximum absolute atomic E-state index is 12.0. The van der Waals surface area contributed by atoms with E-state index in [1.165, 1.54) is 4.31 Å². The van der Waals surface area contributed by atoms with E-state index >= 15 is 0 Å². The van der Waals surface area contributed by atoms with Crippen LogP contribution in [-0.2, 0) is 21.4 Å². The normalized spacial score (nSPS) is 26.7. The van der Waals surface area contributed by atoms with Gasteiger partial charge in [-0.05, 0) is 17.7 Å². The van der Waals surface area contributed by atoms with Crippen molar-refractivity contribution in [3.63, 3.8) is 0 Å². The van der Waals surface area contributed by atoms with Gasteiger partial charge in [0.15, 0.2) is 11.5 Å². The van der Waals surface area contributed by atoms with Crippen molar-refractivity contribution in [3.05, 3.63) is 23.8 Å². The number of sulfonamides is 1. The molecule has 0 aliphatic carbocycles. The van der Waals surface area contributed by atoms with E-state index in [1.54, 1.807) is 14.2 Å². The van der Waals surface area contributed by atoms with Gasteiger partial charge in [0.05, 0.1) is 25.9 Å². The van der Waals surface area contributed by atoms with Gasteiger partial charge in [0.2, 0.25) is 10.0 Å². The lowest BCUT2D eigenvalue weighted by molar-refractivity contribution is -0.148. The van der Waals surface area contributed by atoms with Crippen molar-refractivity contribution >= 4 is 16.0 Å². The van der Waals surface area contributed by atoms with E-state index in [4.69, 9.17) is 9.47 Å². The molecule has 0 spiro atoms. The number of carboxylic acids is 1. The van der Waals surface area contributed by atoms with Crippen molar-refractivity contribution in [2.75, 3.05) is 46.7 Å². The lowest BCUT2D eigenvalue weighted by Gasteiger charge is -2.24. The quantitative estimate of drug-likeness (QED) is 0.762. The average Bonchev–Trinajstić information content (AvgIpc) is 3.09. The zero-order chi connectivity index (χ0) is 19.1. The van der Waals surface area contributed by atoms with Crippen molar-refractivity contribution in [2.24, 2.45) is 11.3 Å². The monoisotopic (exact) mass is 384 g/mol. The van der Waals surface area contributed by atoms with Gasteiger partial charge >= 0.3 is 5.97 Å². The molecule has 0 unspecified atom stereocenters. The van der Waals surface area contributed by atoms with E-state index in [0.717, 1.165) is 11.8 Å². The van der Waals surface area contributed by atoms with Crippen molar-refractivity contribution in [1.29, 1.82) is 0 Å². The van der Waals surface area contributed by atoms with E-state index < -0.39 is 21.4 Å². The molecular formula is C17H24N2O6S. The molecule has 1 aromatic carbocycles. The van der Waals surface area contributed by atoms with Crippen LogP contribution in [0, 0.1) is 11.3 Å². The second-order valence-electron chi connectivity index (χ2n) is 7.07. The van der Waals surface area contributed by atoms with Crippen LogP contribution in [0.2, 0.25) is 0 Å². The van der Waals surface area contributed by atoms with Gasteiger partial charge in [-0.3, -0.25) is 9.69 Å². The van der Waals surface area contributed by atoms with Crippen LogP contribution in [0.15, 0.2) is 18.2 Å². The summed E-state index contributed by atoms with van der Waals surface area (Å²) in [6, 6.07) is 5.62. The van der Waals surface area contributed by atoms with Crippen LogP contribution in [0.3, 0.4) is 0 Å². The van der Waals surface area contributed by atoms with Crippen LogP contribution >= 0.6 is 0 Å². The van der Waals surface area contributed by atoms with Crippen molar-refractivity contribution in [3.8, 4) is 11.5 Å². The third kappa shape index (κ3) is 3.26. The number of nitrogens with zero attached hydrogens (tertiary/aromatic N) is 2. The van der Waals surface area contributed by atoms with Gasteiger partial charge in [-0.25, -0.2) is 12.7 Å². The van der Waals surface area contributed by atoms with Gasteiger partial charge in [0, 0.05) is 38.6 Å². The van der Waals surface area contributed by atoms with E-state index in [0.29, 0.717) is 31.1 Å². The van der Waals surface area contributed by atoms with E-state index in [-0.39, 0.29) is 19.0 Å². The molecule has 2 aliphatic heterocycles. The zero-order valence-electron chi connectivity index (χ0n) is 15.1. The minimum atomic E-state index is -3.39. The Morgan fingerprint density at radius 2 is 1.92 bits per heavy atom. The third-order valence-corrected chi connectivity index (χ3v) is 6.61. The highest BCUT2D eigenvalue weighted by molar-refractivity contribution is 7.88. The topological polar surface area (TPSA) is 96.4 Å². The number of carbonyl (C=O) groups is 1. The van der Waals surface area contributed by atoms with Crippen LogP contribution in [0.5, 0.6) is 11.5 Å². The third-order valence-electron chi connectivity index (χ3n) is 5.40. The molecule has 9 heteroatoms. The Bertz CT molecular complexity index is 811. The number of hydrogen-bond acceptors (Lipinski definition) is 6. The molecule has 0 saturated carbocycles. The smallest absolute Gasteiger partial charge is 0.312 e. The number of carboxylic acid groups (broad SMARTS) is 1. The summed E-state index contributed by atoms with van der Waals surface area (Å²) in [5, 5.41) is 9.81. The second-order valence-corrected chi connectivity index (χ2v) is 9.06. The molecule has 0 aromatic heterocycles. The molecule has 8 nitrogen and oxygen atoms in total. The van der Waals surface area contributed by atoms with Crippen LogP contribution in [0.1, 0.15) is 5.56 Å². The van der Waals surface area contributed by atoms with Crippen LogP contribution in [0.25, 0.3) is 0 Å². The van der Waals surface area contributed by atoms with Gasteiger partial charge < -0.3 is 14.6 Å².